The first kappa shape index (κ1) is 14.8. The highest BCUT2D eigenvalue weighted by Crippen LogP contribution is 2.36. The highest BCUT2D eigenvalue weighted by atomic mass is 16.3. The van der Waals surface area contributed by atoms with E-state index in [-0.39, 0.29) is 12.1 Å². The number of fused-ring (bicyclic) bond motifs is 1. The predicted octanol–water partition coefficient (Wildman–Crippen LogP) is 1.71. The number of hydrogen-bond acceptors (Lipinski definition) is 3. The van der Waals surface area contributed by atoms with E-state index in [4.69, 9.17) is 5.73 Å². The van der Waals surface area contributed by atoms with E-state index in [1.165, 1.54) is 11.1 Å². The fraction of sp³-hybridized carbons (Fsp3) is 0.278. The second kappa shape index (κ2) is 5.91. The molecular formula is C18H20N2O2. The molecule has 1 aliphatic rings. The molecule has 0 bridgehead atoms. The van der Waals surface area contributed by atoms with Gasteiger partial charge in [-0.3, -0.25) is 4.79 Å². The first-order valence-corrected chi connectivity index (χ1v) is 7.48. The van der Waals surface area contributed by atoms with Gasteiger partial charge in [-0.25, -0.2) is 0 Å². The number of aryl methyl sites for hydroxylation is 1. The lowest BCUT2D eigenvalue weighted by Gasteiger charge is -2.30. The quantitative estimate of drug-likeness (QED) is 0.786. The highest BCUT2D eigenvalue weighted by Gasteiger charge is 2.37. The van der Waals surface area contributed by atoms with E-state index >= 15 is 0 Å². The molecule has 0 spiro atoms. The van der Waals surface area contributed by atoms with Crippen molar-refractivity contribution in [1.29, 1.82) is 0 Å². The number of primary amides is 1. The van der Waals surface area contributed by atoms with Crippen molar-refractivity contribution in [2.45, 2.75) is 24.9 Å². The molecule has 0 radical (unpaired) electrons. The Bertz CT molecular complexity index is 682. The zero-order valence-electron chi connectivity index (χ0n) is 12.4. The summed E-state index contributed by atoms with van der Waals surface area (Å²) in [5.41, 5.74) is 8.92. The molecule has 2 aromatic rings. The van der Waals surface area contributed by atoms with Crippen LogP contribution in [0.1, 0.15) is 33.5 Å². The van der Waals surface area contributed by atoms with Crippen molar-refractivity contribution in [1.82, 2.24) is 5.32 Å². The van der Waals surface area contributed by atoms with Crippen LogP contribution >= 0.6 is 0 Å². The summed E-state index contributed by atoms with van der Waals surface area (Å²) in [4.78, 5) is 11.1. The Morgan fingerprint density at radius 2 is 1.91 bits per heavy atom. The molecule has 0 heterocycles. The van der Waals surface area contributed by atoms with Crippen molar-refractivity contribution in [3.8, 4) is 0 Å². The van der Waals surface area contributed by atoms with Gasteiger partial charge in [-0.05, 0) is 41.7 Å². The number of carbonyl (C=O) groups is 1. The SMILES string of the molecule is NC(=O)c1ccc(CNC2(CO)CCc3ccccc32)cc1. The minimum absolute atomic E-state index is 0.0728. The van der Waals surface area contributed by atoms with Crippen LogP contribution in [0.5, 0.6) is 0 Å². The number of amides is 1. The monoisotopic (exact) mass is 296 g/mol. The lowest BCUT2D eigenvalue weighted by Crippen LogP contribution is -2.43. The van der Waals surface area contributed by atoms with Gasteiger partial charge < -0.3 is 16.2 Å². The van der Waals surface area contributed by atoms with Crippen LogP contribution < -0.4 is 11.1 Å². The smallest absolute Gasteiger partial charge is 0.248 e. The van der Waals surface area contributed by atoms with E-state index in [2.05, 4.69) is 17.4 Å². The fourth-order valence-electron chi connectivity index (χ4n) is 3.15. The van der Waals surface area contributed by atoms with Gasteiger partial charge >= 0.3 is 0 Å². The Labute approximate surface area is 130 Å². The van der Waals surface area contributed by atoms with Crippen LogP contribution in [0.15, 0.2) is 48.5 Å². The molecule has 114 valence electrons. The normalized spacial score (nSPS) is 19.9. The summed E-state index contributed by atoms with van der Waals surface area (Å²) >= 11 is 0. The van der Waals surface area contributed by atoms with Gasteiger partial charge in [0.25, 0.3) is 0 Å². The second-order valence-electron chi connectivity index (χ2n) is 5.81. The Morgan fingerprint density at radius 1 is 1.18 bits per heavy atom. The van der Waals surface area contributed by atoms with Crippen LogP contribution in [0.3, 0.4) is 0 Å². The molecule has 0 aliphatic heterocycles. The number of rotatable bonds is 5. The summed E-state index contributed by atoms with van der Waals surface area (Å²) in [5.74, 6) is -0.420. The average Bonchev–Trinajstić information content (AvgIpc) is 2.93. The number of aliphatic hydroxyl groups excluding tert-OH is 1. The molecule has 1 aliphatic carbocycles. The molecule has 22 heavy (non-hydrogen) atoms. The molecule has 4 N–H and O–H groups in total. The van der Waals surface area contributed by atoms with Crippen molar-refractivity contribution >= 4 is 5.91 Å². The Morgan fingerprint density at radius 3 is 2.59 bits per heavy atom. The summed E-state index contributed by atoms with van der Waals surface area (Å²) in [6.07, 6.45) is 1.87. The highest BCUT2D eigenvalue weighted by molar-refractivity contribution is 5.92. The maximum atomic E-state index is 11.1. The molecule has 0 saturated carbocycles. The molecule has 2 aromatic carbocycles. The summed E-state index contributed by atoms with van der Waals surface area (Å²) in [6, 6.07) is 15.5. The number of benzene rings is 2. The van der Waals surface area contributed by atoms with Gasteiger partial charge in [-0.1, -0.05) is 36.4 Å². The van der Waals surface area contributed by atoms with Gasteiger partial charge in [-0.15, -0.1) is 0 Å². The minimum Gasteiger partial charge on any atom is -0.394 e. The number of nitrogens with two attached hydrogens (primary N) is 1. The lowest BCUT2D eigenvalue weighted by molar-refractivity contribution is 0.100. The maximum absolute atomic E-state index is 11.1. The van der Waals surface area contributed by atoms with Crippen LogP contribution in [0.2, 0.25) is 0 Å². The molecule has 1 atom stereocenters. The van der Waals surface area contributed by atoms with Crippen LogP contribution in [-0.4, -0.2) is 17.6 Å². The molecule has 3 rings (SSSR count). The Kier molecular flexibility index (Phi) is 3.96. The first-order valence-electron chi connectivity index (χ1n) is 7.48. The van der Waals surface area contributed by atoms with Gasteiger partial charge in [0.15, 0.2) is 0 Å². The van der Waals surface area contributed by atoms with E-state index in [9.17, 15) is 9.90 Å². The van der Waals surface area contributed by atoms with Gasteiger partial charge in [0.05, 0.1) is 12.1 Å². The number of aliphatic hydroxyl groups is 1. The molecule has 0 fully saturated rings. The van der Waals surface area contributed by atoms with Gasteiger partial charge in [0.2, 0.25) is 5.91 Å². The summed E-state index contributed by atoms with van der Waals surface area (Å²) in [6.45, 7) is 0.706. The third kappa shape index (κ3) is 2.63. The van der Waals surface area contributed by atoms with Crippen LogP contribution in [0.25, 0.3) is 0 Å². The molecule has 4 nitrogen and oxygen atoms in total. The number of hydrogen-bond donors (Lipinski definition) is 3. The van der Waals surface area contributed by atoms with Crippen molar-refractivity contribution in [2.24, 2.45) is 5.73 Å². The van der Waals surface area contributed by atoms with Crippen LogP contribution in [0, 0.1) is 0 Å². The topological polar surface area (TPSA) is 75.4 Å². The molecule has 1 amide bonds. The zero-order valence-corrected chi connectivity index (χ0v) is 12.4. The third-order valence-corrected chi connectivity index (χ3v) is 4.49. The maximum Gasteiger partial charge on any atom is 0.248 e. The molecule has 1 unspecified atom stereocenters. The van der Waals surface area contributed by atoms with E-state index in [1.54, 1.807) is 12.1 Å². The minimum atomic E-state index is -0.420. The molecule has 0 aromatic heterocycles. The van der Waals surface area contributed by atoms with Crippen molar-refractivity contribution in [3.05, 3.63) is 70.8 Å². The van der Waals surface area contributed by atoms with Crippen molar-refractivity contribution < 1.29 is 9.90 Å². The number of nitrogens with one attached hydrogen (secondary N) is 1. The standard InChI is InChI=1S/C18H20N2O2/c19-17(22)15-7-5-13(6-8-15)11-20-18(12-21)10-9-14-3-1-2-4-16(14)18/h1-8,20-21H,9-12H2,(H2,19,22). The van der Waals surface area contributed by atoms with Gasteiger partial charge in [0, 0.05) is 12.1 Å². The van der Waals surface area contributed by atoms with E-state index in [0.717, 1.165) is 18.4 Å². The second-order valence-corrected chi connectivity index (χ2v) is 5.81. The summed E-state index contributed by atoms with van der Waals surface area (Å²) in [5, 5.41) is 13.4. The predicted molar refractivity (Wildman–Crippen MR) is 85.3 cm³/mol. The average molecular weight is 296 g/mol. The summed E-state index contributed by atoms with van der Waals surface area (Å²) < 4.78 is 0. The Hall–Kier alpha value is -2.17. The summed E-state index contributed by atoms with van der Waals surface area (Å²) in [7, 11) is 0. The fourth-order valence-corrected chi connectivity index (χ4v) is 3.15. The van der Waals surface area contributed by atoms with Crippen molar-refractivity contribution in [2.75, 3.05) is 6.61 Å². The van der Waals surface area contributed by atoms with E-state index in [1.807, 2.05) is 24.3 Å². The van der Waals surface area contributed by atoms with Crippen LogP contribution in [-0.2, 0) is 18.5 Å². The van der Waals surface area contributed by atoms with E-state index in [0.29, 0.717) is 12.1 Å². The number of carbonyl (C=O) groups excluding carboxylic acids is 1. The van der Waals surface area contributed by atoms with E-state index < -0.39 is 5.91 Å². The molecule has 0 saturated heterocycles. The largest absolute Gasteiger partial charge is 0.394 e. The van der Waals surface area contributed by atoms with Gasteiger partial charge in [0.1, 0.15) is 0 Å². The third-order valence-electron chi connectivity index (χ3n) is 4.49. The first-order chi connectivity index (χ1) is 10.6. The molecule has 4 heteroatoms. The van der Waals surface area contributed by atoms with Gasteiger partial charge in [-0.2, -0.15) is 0 Å². The Balaban J connectivity index is 1.76. The zero-order chi connectivity index (χ0) is 15.6. The molecular weight excluding hydrogens is 276 g/mol. The lowest BCUT2D eigenvalue weighted by atomic mass is 9.92. The van der Waals surface area contributed by atoms with Crippen LogP contribution in [0.4, 0.5) is 0 Å². The van der Waals surface area contributed by atoms with Crippen molar-refractivity contribution in [3.63, 3.8) is 0 Å².